The lowest BCUT2D eigenvalue weighted by Crippen LogP contribution is -2.22. The Morgan fingerprint density at radius 2 is 1.68 bits per heavy atom. The average molecular weight is 295 g/mol. The molecule has 0 spiro atoms. The molecule has 0 aromatic heterocycles. The number of hydrogen-bond acceptors (Lipinski definition) is 2. The van der Waals surface area contributed by atoms with E-state index in [-0.39, 0.29) is 6.04 Å². The Kier molecular flexibility index (Phi) is 4.23. The van der Waals surface area contributed by atoms with Gasteiger partial charge >= 0.3 is 0 Å². The number of rotatable bonds is 3. The van der Waals surface area contributed by atoms with Crippen molar-refractivity contribution in [1.82, 2.24) is 0 Å². The monoisotopic (exact) mass is 294 g/mol. The molecule has 2 aromatic carbocycles. The highest BCUT2D eigenvalue weighted by Gasteiger charge is 2.15. The van der Waals surface area contributed by atoms with Crippen molar-refractivity contribution in [2.45, 2.75) is 13.0 Å². The second kappa shape index (κ2) is 5.72. The molecule has 0 aliphatic carbocycles. The number of para-hydroxylation sites is 1. The summed E-state index contributed by atoms with van der Waals surface area (Å²) in [6.45, 7) is 2.11. The number of hydrogen-bond donors (Lipinski definition) is 1. The van der Waals surface area contributed by atoms with Crippen LogP contribution in [-0.2, 0) is 0 Å². The van der Waals surface area contributed by atoms with Gasteiger partial charge in [0.2, 0.25) is 0 Å². The standard InChI is InChI=1S/C15H16Cl2N2/c1-10(11-6-8-12(16)9-7-11)19(2)14-5-3-4-13(17)15(14)18/h3-10H,18H2,1-2H3. The fourth-order valence-electron chi connectivity index (χ4n) is 2.01. The van der Waals surface area contributed by atoms with Gasteiger partial charge in [-0.1, -0.05) is 41.4 Å². The third-order valence-electron chi connectivity index (χ3n) is 3.34. The first kappa shape index (κ1) is 14.0. The summed E-state index contributed by atoms with van der Waals surface area (Å²) in [5.74, 6) is 0. The van der Waals surface area contributed by atoms with E-state index in [0.717, 1.165) is 10.7 Å². The molecule has 0 fully saturated rings. The molecular formula is C15H16Cl2N2. The molecule has 1 atom stereocenters. The smallest absolute Gasteiger partial charge is 0.0741 e. The van der Waals surface area contributed by atoms with Crippen molar-refractivity contribution in [3.63, 3.8) is 0 Å². The van der Waals surface area contributed by atoms with Crippen LogP contribution in [0.1, 0.15) is 18.5 Å². The Morgan fingerprint density at radius 3 is 2.32 bits per heavy atom. The van der Waals surface area contributed by atoms with Gasteiger partial charge in [-0.25, -0.2) is 0 Å². The van der Waals surface area contributed by atoms with E-state index in [4.69, 9.17) is 28.9 Å². The molecule has 0 aliphatic rings. The number of nitrogens with zero attached hydrogens (tertiary/aromatic N) is 1. The fourth-order valence-corrected chi connectivity index (χ4v) is 2.30. The fraction of sp³-hybridized carbons (Fsp3) is 0.200. The van der Waals surface area contributed by atoms with Crippen LogP contribution in [-0.4, -0.2) is 7.05 Å². The molecule has 2 aromatic rings. The van der Waals surface area contributed by atoms with Gasteiger partial charge in [0.1, 0.15) is 0 Å². The predicted molar refractivity (Wildman–Crippen MR) is 84.1 cm³/mol. The molecule has 100 valence electrons. The minimum Gasteiger partial charge on any atom is -0.396 e. The van der Waals surface area contributed by atoms with Crippen molar-refractivity contribution in [2.24, 2.45) is 0 Å². The number of halogens is 2. The molecule has 2 rings (SSSR count). The Balaban J connectivity index is 2.30. The SMILES string of the molecule is CC(c1ccc(Cl)cc1)N(C)c1cccc(Cl)c1N. The Bertz CT molecular complexity index is 567. The van der Waals surface area contributed by atoms with Crippen molar-refractivity contribution in [1.29, 1.82) is 0 Å². The van der Waals surface area contributed by atoms with Crippen molar-refractivity contribution < 1.29 is 0 Å². The van der Waals surface area contributed by atoms with Gasteiger partial charge in [-0.2, -0.15) is 0 Å². The molecule has 2 nitrogen and oxygen atoms in total. The van der Waals surface area contributed by atoms with E-state index in [9.17, 15) is 0 Å². The summed E-state index contributed by atoms with van der Waals surface area (Å²) in [6, 6.07) is 13.7. The molecule has 0 saturated heterocycles. The van der Waals surface area contributed by atoms with Crippen LogP contribution < -0.4 is 10.6 Å². The number of anilines is 2. The number of benzene rings is 2. The van der Waals surface area contributed by atoms with E-state index in [2.05, 4.69) is 11.8 Å². The Hall–Kier alpha value is -1.38. The van der Waals surface area contributed by atoms with Crippen molar-refractivity contribution >= 4 is 34.6 Å². The highest BCUT2D eigenvalue weighted by molar-refractivity contribution is 6.33. The van der Waals surface area contributed by atoms with Crippen LogP contribution in [0.15, 0.2) is 42.5 Å². The second-order valence-corrected chi connectivity index (χ2v) is 5.35. The van der Waals surface area contributed by atoms with E-state index < -0.39 is 0 Å². The van der Waals surface area contributed by atoms with Crippen molar-refractivity contribution in [3.05, 3.63) is 58.1 Å². The Labute approximate surface area is 123 Å². The summed E-state index contributed by atoms with van der Waals surface area (Å²) in [4.78, 5) is 2.10. The molecule has 2 N–H and O–H groups in total. The zero-order chi connectivity index (χ0) is 14.0. The quantitative estimate of drug-likeness (QED) is 0.826. The zero-order valence-corrected chi connectivity index (χ0v) is 12.4. The predicted octanol–water partition coefficient (Wildman–Crippen LogP) is 4.77. The lowest BCUT2D eigenvalue weighted by molar-refractivity contribution is 0.741. The van der Waals surface area contributed by atoms with E-state index in [1.165, 1.54) is 5.56 Å². The van der Waals surface area contributed by atoms with Gasteiger partial charge in [0.05, 0.1) is 22.4 Å². The van der Waals surface area contributed by atoms with Gasteiger partial charge in [-0.3, -0.25) is 0 Å². The number of nitrogens with two attached hydrogens (primary N) is 1. The third-order valence-corrected chi connectivity index (χ3v) is 3.92. The topological polar surface area (TPSA) is 29.3 Å². The maximum atomic E-state index is 6.06. The van der Waals surface area contributed by atoms with Crippen LogP contribution in [0.5, 0.6) is 0 Å². The van der Waals surface area contributed by atoms with Gasteiger partial charge in [0.15, 0.2) is 0 Å². The molecule has 19 heavy (non-hydrogen) atoms. The summed E-state index contributed by atoms with van der Waals surface area (Å²) in [7, 11) is 2.00. The van der Waals surface area contributed by atoms with Crippen molar-refractivity contribution in [3.8, 4) is 0 Å². The Morgan fingerprint density at radius 1 is 1.05 bits per heavy atom. The van der Waals surface area contributed by atoms with Gasteiger partial charge in [-0.05, 0) is 36.8 Å². The zero-order valence-electron chi connectivity index (χ0n) is 10.9. The first-order valence-corrected chi connectivity index (χ1v) is 6.78. The summed E-state index contributed by atoms with van der Waals surface area (Å²) in [6.07, 6.45) is 0. The lowest BCUT2D eigenvalue weighted by atomic mass is 10.1. The first-order valence-electron chi connectivity index (χ1n) is 6.03. The third kappa shape index (κ3) is 2.96. The first-order chi connectivity index (χ1) is 9.00. The maximum absolute atomic E-state index is 6.06. The summed E-state index contributed by atoms with van der Waals surface area (Å²) < 4.78 is 0. The molecule has 0 aliphatic heterocycles. The van der Waals surface area contributed by atoms with Crippen molar-refractivity contribution in [2.75, 3.05) is 17.7 Å². The molecule has 0 saturated carbocycles. The molecular weight excluding hydrogens is 279 g/mol. The summed E-state index contributed by atoms with van der Waals surface area (Å²) in [5.41, 5.74) is 8.73. The summed E-state index contributed by atoms with van der Waals surface area (Å²) in [5, 5.41) is 1.31. The van der Waals surface area contributed by atoms with E-state index in [0.29, 0.717) is 10.7 Å². The number of nitrogen functional groups attached to an aromatic ring is 1. The van der Waals surface area contributed by atoms with Crippen LogP contribution in [0, 0.1) is 0 Å². The van der Waals surface area contributed by atoms with Gasteiger partial charge in [0, 0.05) is 12.1 Å². The molecule has 4 heteroatoms. The molecule has 0 bridgehead atoms. The largest absolute Gasteiger partial charge is 0.396 e. The van der Waals surface area contributed by atoms with Crippen LogP contribution in [0.2, 0.25) is 10.0 Å². The van der Waals surface area contributed by atoms with Crippen LogP contribution in [0.25, 0.3) is 0 Å². The molecule has 0 radical (unpaired) electrons. The molecule has 1 unspecified atom stereocenters. The van der Waals surface area contributed by atoms with Gasteiger partial charge < -0.3 is 10.6 Å². The van der Waals surface area contributed by atoms with Crippen LogP contribution in [0.4, 0.5) is 11.4 Å². The van der Waals surface area contributed by atoms with E-state index in [1.54, 1.807) is 6.07 Å². The second-order valence-electron chi connectivity index (χ2n) is 4.51. The molecule has 0 amide bonds. The average Bonchev–Trinajstić information content (AvgIpc) is 2.41. The molecule has 0 heterocycles. The normalized spacial score (nSPS) is 12.2. The van der Waals surface area contributed by atoms with Gasteiger partial charge in [-0.15, -0.1) is 0 Å². The van der Waals surface area contributed by atoms with Gasteiger partial charge in [0.25, 0.3) is 0 Å². The minimum atomic E-state index is 0.179. The lowest BCUT2D eigenvalue weighted by Gasteiger charge is -2.28. The van der Waals surface area contributed by atoms with E-state index in [1.807, 2.05) is 43.4 Å². The highest BCUT2D eigenvalue weighted by atomic mass is 35.5. The highest BCUT2D eigenvalue weighted by Crippen LogP contribution is 2.34. The van der Waals surface area contributed by atoms with Crippen LogP contribution >= 0.6 is 23.2 Å². The maximum Gasteiger partial charge on any atom is 0.0741 e. The minimum absolute atomic E-state index is 0.179. The summed E-state index contributed by atoms with van der Waals surface area (Å²) >= 11 is 12.0. The van der Waals surface area contributed by atoms with Crippen LogP contribution in [0.3, 0.4) is 0 Å². The van der Waals surface area contributed by atoms with E-state index >= 15 is 0 Å².